The number of likely N-dealkylation sites (tertiary alicyclic amines) is 1. The summed E-state index contributed by atoms with van der Waals surface area (Å²) in [7, 11) is 0. The Morgan fingerprint density at radius 2 is 2.06 bits per heavy atom. The summed E-state index contributed by atoms with van der Waals surface area (Å²) >= 11 is 0. The molecule has 1 saturated carbocycles. The van der Waals surface area contributed by atoms with Crippen molar-refractivity contribution in [3.63, 3.8) is 0 Å². The van der Waals surface area contributed by atoms with E-state index >= 15 is 0 Å². The van der Waals surface area contributed by atoms with Crippen molar-refractivity contribution in [2.75, 3.05) is 13.1 Å². The van der Waals surface area contributed by atoms with E-state index in [2.05, 4.69) is 40.4 Å². The lowest BCUT2D eigenvalue weighted by molar-refractivity contribution is 0.304. The lowest BCUT2D eigenvalue weighted by atomic mass is 9.80. The van der Waals surface area contributed by atoms with Crippen molar-refractivity contribution < 1.29 is 5.21 Å². The molecule has 1 saturated heterocycles. The van der Waals surface area contributed by atoms with Gasteiger partial charge >= 0.3 is 0 Å². The van der Waals surface area contributed by atoms with E-state index < -0.39 is 0 Å². The number of oxime groups is 1. The van der Waals surface area contributed by atoms with Crippen molar-refractivity contribution in [2.45, 2.75) is 25.8 Å². The van der Waals surface area contributed by atoms with E-state index in [-0.39, 0.29) is 0 Å². The third kappa shape index (κ3) is 2.27. The van der Waals surface area contributed by atoms with Gasteiger partial charge in [-0.2, -0.15) is 0 Å². The fourth-order valence-electron chi connectivity index (χ4n) is 3.46. The molecule has 0 amide bonds. The maximum Gasteiger partial charge on any atom is 0.0617 e. The van der Waals surface area contributed by atoms with E-state index in [0.29, 0.717) is 11.8 Å². The van der Waals surface area contributed by atoms with E-state index in [4.69, 9.17) is 5.21 Å². The molecule has 1 aliphatic heterocycles. The summed E-state index contributed by atoms with van der Waals surface area (Å²) < 4.78 is 0. The second-order valence-electron chi connectivity index (χ2n) is 5.53. The zero-order chi connectivity index (χ0) is 12.4. The van der Waals surface area contributed by atoms with Crippen molar-refractivity contribution in [3.8, 4) is 0 Å². The molecule has 0 bridgehead atoms. The van der Waals surface area contributed by atoms with Gasteiger partial charge < -0.3 is 5.21 Å². The molecule has 0 spiro atoms. The quantitative estimate of drug-likeness (QED) is 0.641. The summed E-state index contributed by atoms with van der Waals surface area (Å²) in [5.41, 5.74) is 2.40. The summed E-state index contributed by atoms with van der Waals surface area (Å²) in [4.78, 5) is 2.50. The molecule has 1 heterocycles. The molecule has 18 heavy (non-hydrogen) atoms. The Labute approximate surface area is 108 Å². The molecular formula is C15H20N2O. The van der Waals surface area contributed by atoms with Gasteiger partial charge in [0.05, 0.1) is 5.71 Å². The molecule has 0 radical (unpaired) electrons. The predicted octanol–water partition coefficient (Wildman–Crippen LogP) is 2.75. The van der Waals surface area contributed by atoms with Crippen molar-refractivity contribution >= 4 is 5.71 Å². The molecule has 3 heteroatoms. The van der Waals surface area contributed by atoms with Crippen LogP contribution in [-0.4, -0.2) is 28.9 Å². The van der Waals surface area contributed by atoms with Crippen LogP contribution in [0.3, 0.4) is 0 Å². The van der Waals surface area contributed by atoms with Gasteiger partial charge in [0.25, 0.3) is 0 Å². The minimum absolute atomic E-state index is 0.493. The first-order chi connectivity index (χ1) is 8.86. The average molecular weight is 244 g/mol. The monoisotopic (exact) mass is 244 g/mol. The van der Waals surface area contributed by atoms with Gasteiger partial charge in [0, 0.05) is 25.6 Å². The maximum atomic E-state index is 9.08. The standard InChI is InChI=1S/C15H20N2O/c18-16-15-8-4-7-13-10-17(11-14(13)15)9-12-5-2-1-3-6-12/h1-3,5-6,13-14,18H,4,7-11H2/b16-15-. The predicted molar refractivity (Wildman–Crippen MR) is 71.8 cm³/mol. The maximum absolute atomic E-state index is 9.08. The van der Waals surface area contributed by atoms with Crippen LogP contribution < -0.4 is 0 Å². The highest BCUT2D eigenvalue weighted by Crippen LogP contribution is 2.35. The van der Waals surface area contributed by atoms with Crippen LogP contribution in [0.4, 0.5) is 0 Å². The van der Waals surface area contributed by atoms with Gasteiger partial charge in [-0.15, -0.1) is 0 Å². The molecule has 1 aromatic rings. The Morgan fingerprint density at radius 1 is 1.22 bits per heavy atom. The Balaban J connectivity index is 1.67. The van der Waals surface area contributed by atoms with Gasteiger partial charge in [0.15, 0.2) is 0 Å². The number of fused-ring (bicyclic) bond motifs is 1. The normalized spacial score (nSPS) is 30.6. The summed E-state index contributed by atoms with van der Waals surface area (Å²) in [6.45, 7) is 3.23. The minimum atomic E-state index is 0.493. The highest BCUT2D eigenvalue weighted by atomic mass is 16.4. The molecule has 1 aliphatic carbocycles. The molecule has 3 rings (SSSR count). The molecule has 2 aliphatic rings. The second-order valence-corrected chi connectivity index (χ2v) is 5.53. The van der Waals surface area contributed by atoms with Crippen LogP contribution in [0.2, 0.25) is 0 Å². The first-order valence-corrected chi connectivity index (χ1v) is 6.84. The zero-order valence-corrected chi connectivity index (χ0v) is 10.6. The lowest BCUT2D eigenvalue weighted by Gasteiger charge is -2.24. The molecule has 1 aromatic carbocycles. The average Bonchev–Trinajstić information content (AvgIpc) is 2.82. The molecule has 2 unspecified atom stereocenters. The molecule has 2 atom stereocenters. The Hall–Kier alpha value is -1.35. The SMILES string of the molecule is O/N=C1/CCCC2CN(Cc3ccccc3)CC12. The van der Waals surface area contributed by atoms with Crippen LogP contribution in [0.5, 0.6) is 0 Å². The molecule has 2 fully saturated rings. The van der Waals surface area contributed by atoms with E-state index in [1.54, 1.807) is 0 Å². The number of benzene rings is 1. The van der Waals surface area contributed by atoms with Gasteiger partial charge in [-0.1, -0.05) is 35.5 Å². The smallest absolute Gasteiger partial charge is 0.0617 e. The van der Waals surface area contributed by atoms with Gasteiger partial charge in [0.1, 0.15) is 0 Å². The van der Waals surface area contributed by atoms with E-state index in [1.807, 2.05) is 0 Å². The van der Waals surface area contributed by atoms with Gasteiger partial charge in [-0.25, -0.2) is 0 Å². The van der Waals surface area contributed by atoms with Crippen LogP contribution >= 0.6 is 0 Å². The molecular weight excluding hydrogens is 224 g/mol. The first kappa shape index (κ1) is 11.7. The van der Waals surface area contributed by atoms with Crippen LogP contribution in [0.25, 0.3) is 0 Å². The Bertz CT molecular complexity index is 429. The van der Waals surface area contributed by atoms with Crippen molar-refractivity contribution in [2.24, 2.45) is 17.0 Å². The minimum Gasteiger partial charge on any atom is -0.411 e. The van der Waals surface area contributed by atoms with E-state index in [9.17, 15) is 0 Å². The highest BCUT2D eigenvalue weighted by Gasteiger charge is 2.38. The van der Waals surface area contributed by atoms with Crippen molar-refractivity contribution in [3.05, 3.63) is 35.9 Å². The number of rotatable bonds is 2. The number of hydrogen-bond donors (Lipinski definition) is 1. The summed E-state index contributed by atoms with van der Waals surface area (Å²) in [6.07, 6.45) is 3.45. The summed E-state index contributed by atoms with van der Waals surface area (Å²) in [5, 5.41) is 12.6. The van der Waals surface area contributed by atoms with Gasteiger partial charge in [0.2, 0.25) is 0 Å². The highest BCUT2D eigenvalue weighted by molar-refractivity contribution is 5.87. The van der Waals surface area contributed by atoms with E-state index in [0.717, 1.165) is 31.8 Å². The second kappa shape index (κ2) is 5.11. The third-order valence-corrected chi connectivity index (χ3v) is 4.33. The zero-order valence-electron chi connectivity index (χ0n) is 10.6. The van der Waals surface area contributed by atoms with Crippen LogP contribution in [0.1, 0.15) is 24.8 Å². The van der Waals surface area contributed by atoms with E-state index in [1.165, 1.54) is 18.4 Å². The molecule has 96 valence electrons. The van der Waals surface area contributed by atoms with Crippen molar-refractivity contribution in [1.29, 1.82) is 0 Å². The Morgan fingerprint density at radius 3 is 2.83 bits per heavy atom. The Kier molecular flexibility index (Phi) is 3.33. The largest absolute Gasteiger partial charge is 0.411 e. The molecule has 0 aromatic heterocycles. The van der Waals surface area contributed by atoms with Crippen LogP contribution in [-0.2, 0) is 6.54 Å². The first-order valence-electron chi connectivity index (χ1n) is 6.84. The number of nitrogens with zero attached hydrogens (tertiary/aromatic N) is 2. The topological polar surface area (TPSA) is 35.8 Å². The lowest BCUT2D eigenvalue weighted by Crippen LogP contribution is -2.27. The van der Waals surface area contributed by atoms with Crippen molar-refractivity contribution in [1.82, 2.24) is 4.90 Å². The molecule has 1 N–H and O–H groups in total. The third-order valence-electron chi connectivity index (χ3n) is 4.33. The van der Waals surface area contributed by atoms with Crippen LogP contribution in [0, 0.1) is 11.8 Å². The fourth-order valence-corrected chi connectivity index (χ4v) is 3.46. The summed E-state index contributed by atoms with van der Waals surface area (Å²) in [5.74, 6) is 1.20. The van der Waals surface area contributed by atoms with Gasteiger partial charge in [-0.3, -0.25) is 4.90 Å². The summed E-state index contributed by atoms with van der Waals surface area (Å²) in [6, 6.07) is 10.6. The van der Waals surface area contributed by atoms with Gasteiger partial charge in [-0.05, 0) is 30.7 Å². The fraction of sp³-hybridized carbons (Fsp3) is 0.533. The molecule has 3 nitrogen and oxygen atoms in total. The number of hydrogen-bond acceptors (Lipinski definition) is 3. The van der Waals surface area contributed by atoms with Crippen LogP contribution in [0.15, 0.2) is 35.5 Å².